The van der Waals surface area contributed by atoms with Gasteiger partial charge in [-0.15, -0.1) is 0 Å². The lowest BCUT2D eigenvalue weighted by Crippen LogP contribution is -2.48. The highest BCUT2D eigenvalue weighted by molar-refractivity contribution is 7.80. The van der Waals surface area contributed by atoms with Crippen molar-refractivity contribution in [2.75, 3.05) is 14.1 Å². The Hall–Kier alpha value is -0.640. The molecule has 0 unspecified atom stereocenters. The molecule has 0 spiro atoms. The number of hydrogen-bond acceptors (Lipinski definition) is 2. The fraction of sp³-hybridized carbons (Fsp3) is 0.818. The van der Waals surface area contributed by atoms with Crippen molar-refractivity contribution in [2.45, 2.75) is 39.5 Å². The van der Waals surface area contributed by atoms with E-state index in [1.165, 1.54) is 0 Å². The SMILES string of the molecule is CCCC(CCC)(C(=O)N(C)C)C(N)=S. The lowest BCUT2D eigenvalue weighted by molar-refractivity contribution is -0.136. The van der Waals surface area contributed by atoms with Crippen LogP contribution in [-0.4, -0.2) is 29.9 Å². The van der Waals surface area contributed by atoms with Crippen LogP contribution < -0.4 is 5.73 Å². The Bertz CT molecular complexity index is 233. The summed E-state index contributed by atoms with van der Waals surface area (Å²) in [6.07, 6.45) is 3.31. The zero-order chi connectivity index (χ0) is 12.1. The van der Waals surface area contributed by atoms with Gasteiger partial charge in [0.2, 0.25) is 5.91 Å². The number of nitrogens with zero attached hydrogens (tertiary/aromatic N) is 1. The monoisotopic (exact) mass is 230 g/mol. The van der Waals surface area contributed by atoms with E-state index in [0.717, 1.165) is 25.7 Å². The van der Waals surface area contributed by atoms with E-state index in [4.69, 9.17) is 18.0 Å². The molecule has 0 saturated carbocycles. The van der Waals surface area contributed by atoms with Crippen LogP contribution in [0.5, 0.6) is 0 Å². The number of thiocarbonyl (C=S) groups is 1. The molecule has 1 amide bonds. The number of amides is 1. The van der Waals surface area contributed by atoms with Gasteiger partial charge in [-0.05, 0) is 12.8 Å². The molecule has 0 aliphatic rings. The molecule has 0 atom stereocenters. The predicted octanol–water partition coefficient (Wildman–Crippen LogP) is 1.95. The van der Waals surface area contributed by atoms with E-state index in [2.05, 4.69) is 0 Å². The van der Waals surface area contributed by atoms with Gasteiger partial charge in [0.15, 0.2) is 0 Å². The molecule has 3 nitrogen and oxygen atoms in total. The molecule has 4 heteroatoms. The molecule has 0 aromatic rings. The molecule has 0 bridgehead atoms. The molecule has 2 N–H and O–H groups in total. The highest BCUT2D eigenvalue weighted by Crippen LogP contribution is 2.32. The summed E-state index contributed by atoms with van der Waals surface area (Å²) < 4.78 is 0. The van der Waals surface area contributed by atoms with Gasteiger partial charge in [-0.2, -0.15) is 0 Å². The lowest BCUT2D eigenvalue weighted by Gasteiger charge is -2.33. The molecule has 0 aliphatic carbocycles. The van der Waals surface area contributed by atoms with Crippen LogP contribution in [-0.2, 0) is 4.79 Å². The molecule has 0 radical (unpaired) electrons. The van der Waals surface area contributed by atoms with Crippen molar-refractivity contribution in [2.24, 2.45) is 11.1 Å². The van der Waals surface area contributed by atoms with Gasteiger partial charge < -0.3 is 10.6 Å². The summed E-state index contributed by atoms with van der Waals surface area (Å²) in [4.78, 5) is 14.1. The van der Waals surface area contributed by atoms with E-state index in [1.54, 1.807) is 19.0 Å². The summed E-state index contributed by atoms with van der Waals surface area (Å²) in [6, 6.07) is 0. The molecule has 88 valence electrons. The van der Waals surface area contributed by atoms with Crippen LogP contribution in [0.4, 0.5) is 0 Å². The lowest BCUT2D eigenvalue weighted by atomic mass is 9.78. The first kappa shape index (κ1) is 14.4. The minimum Gasteiger partial charge on any atom is -0.392 e. The second kappa shape index (κ2) is 6.05. The zero-order valence-electron chi connectivity index (χ0n) is 10.2. The van der Waals surface area contributed by atoms with Crippen molar-refractivity contribution in [3.63, 3.8) is 0 Å². The Morgan fingerprint density at radius 1 is 1.27 bits per heavy atom. The highest BCUT2D eigenvalue weighted by Gasteiger charge is 2.40. The van der Waals surface area contributed by atoms with E-state index >= 15 is 0 Å². The van der Waals surface area contributed by atoms with Crippen LogP contribution in [0.25, 0.3) is 0 Å². The minimum absolute atomic E-state index is 0.0405. The fourth-order valence-corrected chi connectivity index (χ4v) is 2.26. The number of carbonyl (C=O) groups excluding carboxylic acids is 1. The summed E-state index contributed by atoms with van der Waals surface area (Å²) in [7, 11) is 3.50. The van der Waals surface area contributed by atoms with Gasteiger partial charge >= 0.3 is 0 Å². The third-order valence-electron chi connectivity index (χ3n) is 2.64. The van der Waals surface area contributed by atoms with Crippen LogP contribution in [0.2, 0.25) is 0 Å². The van der Waals surface area contributed by atoms with Gasteiger partial charge in [0, 0.05) is 14.1 Å². The van der Waals surface area contributed by atoms with Gasteiger partial charge in [0.25, 0.3) is 0 Å². The molecule has 0 aliphatic heterocycles. The smallest absolute Gasteiger partial charge is 0.235 e. The molecule has 15 heavy (non-hydrogen) atoms. The van der Waals surface area contributed by atoms with Crippen molar-refractivity contribution >= 4 is 23.1 Å². The molecule has 0 aromatic heterocycles. The second-order valence-electron chi connectivity index (χ2n) is 4.15. The first-order chi connectivity index (χ1) is 6.92. The summed E-state index contributed by atoms with van der Waals surface area (Å²) in [5.74, 6) is 0.0405. The third kappa shape index (κ3) is 3.16. The standard InChI is InChI=1S/C11H22N2OS/c1-5-7-11(8-6-2,9(12)15)10(14)13(3)4/h5-8H2,1-4H3,(H2,12,15). The van der Waals surface area contributed by atoms with Crippen molar-refractivity contribution in [1.82, 2.24) is 4.90 Å². The minimum atomic E-state index is -0.623. The molecular weight excluding hydrogens is 208 g/mol. The maximum atomic E-state index is 12.1. The molecule has 0 saturated heterocycles. The van der Waals surface area contributed by atoms with Gasteiger partial charge in [-0.1, -0.05) is 38.9 Å². The second-order valence-corrected chi connectivity index (χ2v) is 4.59. The van der Waals surface area contributed by atoms with Gasteiger partial charge in [0.05, 0.1) is 10.4 Å². The Labute approximate surface area is 98.0 Å². The average Bonchev–Trinajstić information content (AvgIpc) is 2.15. The zero-order valence-corrected chi connectivity index (χ0v) is 11.0. The Kier molecular flexibility index (Phi) is 5.80. The maximum absolute atomic E-state index is 12.1. The van der Waals surface area contributed by atoms with E-state index in [-0.39, 0.29) is 5.91 Å². The Balaban J connectivity index is 5.10. The van der Waals surface area contributed by atoms with Gasteiger partial charge in [-0.25, -0.2) is 0 Å². The van der Waals surface area contributed by atoms with Gasteiger partial charge in [-0.3, -0.25) is 4.79 Å². The highest BCUT2D eigenvalue weighted by atomic mass is 32.1. The first-order valence-electron chi connectivity index (χ1n) is 5.44. The van der Waals surface area contributed by atoms with E-state index in [0.29, 0.717) is 4.99 Å². The molecular formula is C11H22N2OS. The van der Waals surface area contributed by atoms with Crippen LogP contribution in [0.1, 0.15) is 39.5 Å². The van der Waals surface area contributed by atoms with Crippen molar-refractivity contribution in [3.05, 3.63) is 0 Å². The topological polar surface area (TPSA) is 46.3 Å². The van der Waals surface area contributed by atoms with Crippen LogP contribution in [0.3, 0.4) is 0 Å². The summed E-state index contributed by atoms with van der Waals surface area (Å²) in [5.41, 5.74) is 5.14. The molecule has 0 heterocycles. The average molecular weight is 230 g/mol. The number of carbonyl (C=O) groups is 1. The third-order valence-corrected chi connectivity index (χ3v) is 3.03. The van der Waals surface area contributed by atoms with Crippen LogP contribution in [0, 0.1) is 5.41 Å². The quantitative estimate of drug-likeness (QED) is 0.709. The molecule has 0 rings (SSSR count). The first-order valence-corrected chi connectivity index (χ1v) is 5.84. The van der Waals surface area contributed by atoms with Gasteiger partial charge in [0.1, 0.15) is 0 Å². The predicted molar refractivity (Wildman–Crippen MR) is 67.7 cm³/mol. The van der Waals surface area contributed by atoms with E-state index in [1.807, 2.05) is 13.8 Å². The number of rotatable bonds is 6. The Morgan fingerprint density at radius 2 is 1.67 bits per heavy atom. The summed E-state index contributed by atoms with van der Waals surface area (Å²) in [5, 5.41) is 0. The molecule has 0 aromatic carbocycles. The maximum Gasteiger partial charge on any atom is 0.235 e. The Morgan fingerprint density at radius 3 is 1.87 bits per heavy atom. The van der Waals surface area contributed by atoms with Crippen molar-refractivity contribution in [3.8, 4) is 0 Å². The van der Waals surface area contributed by atoms with E-state index < -0.39 is 5.41 Å². The van der Waals surface area contributed by atoms with Crippen molar-refractivity contribution in [1.29, 1.82) is 0 Å². The van der Waals surface area contributed by atoms with E-state index in [9.17, 15) is 4.79 Å². The van der Waals surface area contributed by atoms with Crippen LogP contribution in [0.15, 0.2) is 0 Å². The molecule has 0 fully saturated rings. The largest absolute Gasteiger partial charge is 0.392 e. The number of hydrogen-bond donors (Lipinski definition) is 1. The summed E-state index contributed by atoms with van der Waals surface area (Å²) in [6.45, 7) is 4.09. The normalized spacial score (nSPS) is 11.2. The summed E-state index contributed by atoms with van der Waals surface area (Å²) >= 11 is 5.09. The fourth-order valence-electron chi connectivity index (χ4n) is 1.97. The van der Waals surface area contributed by atoms with Crippen LogP contribution >= 0.6 is 12.2 Å². The number of nitrogens with two attached hydrogens (primary N) is 1. The van der Waals surface area contributed by atoms with Crippen molar-refractivity contribution < 1.29 is 4.79 Å².